The van der Waals surface area contributed by atoms with Gasteiger partial charge in [-0.15, -0.1) is 0 Å². The summed E-state index contributed by atoms with van der Waals surface area (Å²) in [6, 6.07) is 34.0. The molecule has 5 heteroatoms. The molecule has 4 aromatic rings. The number of rotatable bonds is 10. The van der Waals surface area contributed by atoms with E-state index in [1.165, 1.54) is 11.6 Å². The van der Waals surface area contributed by atoms with Crippen LogP contribution in [0.3, 0.4) is 0 Å². The number of esters is 2. The molecule has 0 spiro atoms. The van der Waals surface area contributed by atoms with Crippen molar-refractivity contribution in [1.82, 2.24) is 0 Å². The molecule has 182 valence electrons. The monoisotopic (exact) mass is 480 g/mol. The normalized spacial score (nSPS) is 11.4. The van der Waals surface area contributed by atoms with E-state index in [1.54, 1.807) is 25.1 Å². The zero-order valence-electron chi connectivity index (χ0n) is 20.1. The molecule has 0 aromatic heterocycles. The summed E-state index contributed by atoms with van der Waals surface area (Å²) >= 11 is 0. The second kappa shape index (κ2) is 12.4. The molecule has 0 aliphatic carbocycles. The standard InChI is InChI=1S/C31H28O5/c1-23(35-28-19-17-26(18-20-28)25-13-6-3-7-14-25)30(32)36-29-16-8-15-27(22-29)31(33)34-21-9-12-24-10-4-2-5-11-24/h2-8,10-11,13-20,22-23H,9,12,21H2,1H3. The first-order valence-corrected chi connectivity index (χ1v) is 11.9. The predicted octanol–water partition coefficient (Wildman–Crippen LogP) is 6.52. The zero-order valence-corrected chi connectivity index (χ0v) is 20.1. The molecule has 0 heterocycles. The first-order valence-electron chi connectivity index (χ1n) is 11.9. The molecule has 0 saturated carbocycles. The molecule has 0 aliphatic heterocycles. The van der Waals surface area contributed by atoms with E-state index in [0.717, 1.165) is 24.0 Å². The summed E-state index contributed by atoms with van der Waals surface area (Å²) in [6.07, 6.45) is 0.728. The number of ether oxygens (including phenoxy) is 3. The summed E-state index contributed by atoms with van der Waals surface area (Å²) in [5.41, 5.74) is 3.68. The van der Waals surface area contributed by atoms with Crippen LogP contribution in [-0.2, 0) is 16.0 Å². The van der Waals surface area contributed by atoms with Crippen molar-refractivity contribution in [2.45, 2.75) is 25.9 Å². The average molecular weight is 481 g/mol. The molecule has 1 atom stereocenters. The van der Waals surface area contributed by atoms with Gasteiger partial charge in [0, 0.05) is 0 Å². The van der Waals surface area contributed by atoms with Crippen molar-refractivity contribution < 1.29 is 23.8 Å². The molecule has 0 saturated heterocycles. The molecule has 4 aromatic carbocycles. The summed E-state index contributed by atoms with van der Waals surface area (Å²) < 4.78 is 16.6. The van der Waals surface area contributed by atoms with Crippen molar-refractivity contribution in [3.63, 3.8) is 0 Å². The number of aryl methyl sites for hydroxylation is 1. The molecule has 0 amide bonds. The van der Waals surface area contributed by atoms with Crippen LogP contribution in [-0.4, -0.2) is 24.6 Å². The van der Waals surface area contributed by atoms with Crippen LogP contribution in [0, 0.1) is 0 Å². The second-order valence-electron chi connectivity index (χ2n) is 8.32. The van der Waals surface area contributed by atoms with Crippen molar-refractivity contribution in [2.24, 2.45) is 0 Å². The minimum absolute atomic E-state index is 0.258. The zero-order chi connectivity index (χ0) is 25.2. The van der Waals surface area contributed by atoms with Crippen LogP contribution in [0.5, 0.6) is 11.5 Å². The van der Waals surface area contributed by atoms with Gasteiger partial charge in [-0.3, -0.25) is 0 Å². The Hall–Kier alpha value is -4.38. The summed E-state index contributed by atoms with van der Waals surface area (Å²) in [5, 5.41) is 0. The predicted molar refractivity (Wildman–Crippen MR) is 139 cm³/mol. The quantitative estimate of drug-likeness (QED) is 0.147. The topological polar surface area (TPSA) is 61.8 Å². The van der Waals surface area contributed by atoms with Gasteiger partial charge in [-0.2, -0.15) is 0 Å². The smallest absolute Gasteiger partial charge is 0.352 e. The van der Waals surface area contributed by atoms with Crippen molar-refractivity contribution in [3.8, 4) is 22.6 Å². The maximum Gasteiger partial charge on any atom is 0.352 e. The van der Waals surface area contributed by atoms with E-state index in [4.69, 9.17) is 14.2 Å². The van der Waals surface area contributed by atoms with Gasteiger partial charge in [0.1, 0.15) is 11.5 Å². The Labute approximate surface area is 211 Å². The lowest BCUT2D eigenvalue weighted by atomic mass is 10.1. The molecule has 0 radical (unpaired) electrons. The lowest BCUT2D eigenvalue weighted by Crippen LogP contribution is -2.28. The van der Waals surface area contributed by atoms with Gasteiger partial charge in [0.25, 0.3) is 0 Å². The van der Waals surface area contributed by atoms with Crippen LogP contribution < -0.4 is 9.47 Å². The van der Waals surface area contributed by atoms with Crippen LogP contribution in [0.2, 0.25) is 0 Å². The SMILES string of the molecule is CC(Oc1ccc(-c2ccccc2)cc1)C(=O)Oc1cccc(C(=O)OCCCc2ccccc2)c1. The van der Waals surface area contributed by atoms with E-state index in [0.29, 0.717) is 17.9 Å². The summed E-state index contributed by atoms with van der Waals surface area (Å²) in [5.74, 6) is -0.195. The van der Waals surface area contributed by atoms with E-state index in [-0.39, 0.29) is 5.75 Å². The molecular formula is C31H28O5. The van der Waals surface area contributed by atoms with Crippen molar-refractivity contribution in [1.29, 1.82) is 0 Å². The molecule has 5 nitrogen and oxygen atoms in total. The summed E-state index contributed by atoms with van der Waals surface area (Å²) in [4.78, 5) is 25.0. The molecule has 0 fully saturated rings. The highest BCUT2D eigenvalue weighted by Crippen LogP contribution is 2.23. The highest BCUT2D eigenvalue weighted by Gasteiger charge is 2.18. The Bertz CT molecular complexity index is 1270. The lowest BCUT2D eigenvalue weighted by Gasteiger charge is -2.14. The molecule has 1 unspecified atom stereocenters. The maximum atomic E-state index is 12.6. The van der Waals surface area contributed by atoms with Crippen LogP contribution in [0.25, 0.3) is 11.1 Å². The van der Waals surface area contributed by atoms with Crippen molar-refractivity contribution in [2.75, 3.05) is 6.61 Å². The van der Waals surface area contributed by atoms with Gasteiger partial charge >= 0.3 is 11.9 Å². The summed E-state index contributed by atoms with van der Waals surface area (Å²) in [7, 11) is 0. The van der Waals surface area contributed by atoms with Gasteiger partial charge in [-0.25, -0.2) is 9.59 Å². The number of carbonyl (C=O) groups is 2. The molecule has 0 N–H and O–H groups in total. The highest BCUT2D eigenvalue weighted by molar-refractivity contribution is 5.90. The summed E-state index contributed by atoms with van der Waals surface area (Å²) in [6.45, 7) is 1.93. The lowest BCUT2D eigenvalue weighted by molar-refractivity contribution is -0.141. The van der Waals surface area contributed by atoms with Gasteiger partial charge in [-0.1, -0.05) is 78.9 Å². The number of benzene rings is 4. The average Bonchev–Trinajstić information content (AvgIpc) is 2.92. The van der Waals surface area contributed by atoms with E-state index in [2.05, 4.69) is 0 Å². The fourth-order valence-electron chi connectivity index (χ4n) is 3.66. The second-order valence-corrected chi connectivity index (χ2v) is 8.32. The van der Waals surface area contributed by atoms with Crippen LogP contribution in [0.1, 0.15) is 29.3 Å². The minimum Gasteiger partial charge on any atom is -0.479 e. The third-order valence-corrected chi connectivity index (χ3v) is 5.58. The number of hydrogen-bond acceptors (Lipinski definition) is 5. The highest BCUT2D eigenvalue weighted by atomic mass is 16.6. The van der Waals surface area contributed by atoms with Crippen LogP contribution in [0.4, 0.5) is 0 Å². The third kappa shape index (κ3) is 7.06. The van der Waals surface area contributed by atoms with Crippen molar-refractivity contribution in [3.05, 3.63) is 120 Å². The Morgan fingerprint density at radius 2 is 1.39 bits per heavy atom. The van der Waals surface area contributed by atoms with E-state index >= 15 is 0 Å². The number of carbonyl (C=O) groups excluding carboxylic acids is 2. The van der Waals surface area contributed by atoms with E-state index < -0.39 is 18.0 Å². The maximum absolute atomic E-state index is 12.6. The van der Waals surface area contributed by atoms with Gasteiger partial charge < -0.3 is 14.2 Å². The first-order chi connectivity index (χ1) is 17.6. The van der Waals surface area contributed by atoms with Crippen molar-refractivity contribution >= 4 is 11.9 Å². The first kappa shape index (κ1) is 24.7. The third-order valence-electron chi connectivity index (χ3n) is 5.58. The fraction of sp³-hybridized carbons (Fsp3) is 0.161. The minimum atomic E-state index is -0.832. The number of hydrogen-bond donors (Lipinski definition) is 0. The van der Waals surface area contributed by atoms with E-state index in [1.807, 2.05) is 84.9 Å². The Morgan fingerprint density at radius 3 is 2.11 bits per heavy atom. The van der Waals surface area contributed by atoms with Gasteiger partial charge in [0.15, 0.2) is 6.10 Å². The van der Waals surface area contributed by atoms with Gasteiger partial charge in [0.2, 0.25) is 0 Å². The fourth-order valence-corrected chi connectivity index (χ4v) is 3.66. The molecule has 4 rings (SSSR count). The largest absolute Gasteiger partial charge is 0.479 e. The van der Waals surface area contributed by atoms with E-state index in [9.17, 15) is 9.59 Å². The van der Waals surface area contributed by atoms with Crippen LogP contribution in [0.15, 0.2) is 109 Å². The van der Waals surface area contributed by atoms with Gasteiger partial charge in [0.05, 0.1) is 12.2 Å². The molecule has 0 bridgehead atoms. The molecular weight excluding hydrogens is 452 g/mol. The Balaban J connectivity index is 1.26. The molecule has 0 aliphatic rings. The Morgan fingerprint density at radius 1 is 0.722 bits per heavy atom. The van der Waals surface area contributed by atoms with Crippen LogP contribution >= 0.6 is 0 Å². The van der Waals surface area contributed by atoms with Gasteiger partial charge in [-0.05, 0) is 66.8 Å². The Kier molecular flexibility index (Phi) is 8.49. The molecule has 36 heavy (non-hydrogen) atoms.